The average molecular weight is 285 g/mol. The molecule has 0 spiro atoms. The molecular formula is C16H19N3O2. The third-order valence-electron chi connectivity index (χ3n) is 4.19. The molecule has 5 nitrogen and oxygen atoms in total. The number of aryl methyl sites for hydroxylation is 2. The van der Waals surface area contributed by atoms with E-state index in [9.17, 15) is 0 Å². The maximum absolute atomic E-state index is 5.64. The first-order valence-corrected chi connectivity index (χ1v) is 7.49. The highest BCUT2D eigenvalue weighted by atomic mass is 16.6. The predicted molar refractivity (Wildman–Crippen MR) is 79.0 cm³/mol. The molecule has 3 heterocycles. The topological polar surface area (TPSA) is 48.3 Å². The molecule has 4 rings (SSSR count). The van der Waals surface area contributed by atoms with E-state index in [0.717, 1.165) is 37.6 Å². The van der Waals surface area contributed by atoms with Crippen molar-refractivity contribution in [1.82, 2.24) is 14.9 Å². The van der Waals surface area contributed by atoms with Gasteiger partial charge in [-0.1, -0.05) is 6.07 Å². The van der Waals surface area contributed by atoms with Gasteiger partial charge >= 0.3 is 0 Å². The maximum Gasteiger partial charge on any atom is 0.161 e. The maximum atomic E-state index is 5.64. The number of fused-ring (bicyclic) bond motifs is 1. The van der Waals surface area contributed by atoms with Crippen LogP contribution >= 0.6 is 0 Å². The lowest BCUT2D eigenvalue weighted by atomic mass is 10.00. The highest BCUT2D eigenvalue weighted by Gasteiger charge is 2.22. The Hall–Kier alpha value is -2.01. The van der Waals surface area contributed by atoms with Crippen LogP contribution in [-0.2, 0) is 13.0 Å². The molecule has 1 aromatic carbocycles. The fourth-order valence-electron chi connectivity index (χ4n) is 2.85. The molecule has 110 valence electrons. The first kappa shape index (κ1) is 12.7. The summed E-state index contributed by atoms with van der Waals surface area (Å²) in [5.41, 5.74) is 2.61. The molecule has 0 atom stereocenters. The van der Waals surface area contributed by atoms with Crippen LogP contribution in [0.4, 0.5) is 0 Å². The Morgan fingerprint density at radius 1 is 1.19 bits per heavy atom. The number of ether oxygens (including phenoxy) is 2. The smallest absolute Gasteiger partial charge is 0.161 e. The van der Waals surface area contributed by atoms with Gasteiger partial charge in [-0.05, 0) is 24.1 Å². The van der Waals surface area contributed by atoms with Crippen LogP contribution in [0.3, 0.4) is 0 Å². The van der Waals surface area contributed by atoms with Gasteiger partial charge in [0.2, 0.25) is 0 Å². The van der Waals surface area contributed by atoms with E-state index in [1.807, 2.05) is 18.6 Å². The van der Waals surface area contributed by atoms with Gasteiger partial charge < -0.3 is 19.4 Å². The molecule has 5 heteroatoms. The summed E-state index contributed by atoms with van der Waals surface area (Å²) in [6, 6.07) is 6.22. The first-order chi connectivity index (χ1) is 10.4. The van der Waals surface area contributed by atoms with Crippen molar-refractivity contribution < 1.29 is 9.47 Å². The number of aromatic nitrogens is 2. The Bertz CT molecular complexity index is 634. The normalized spacial score (nSPS) is 17.5. The number of hydrogen-bond acceptors (Lipinski definition) is 4. The van der Waals surface area contributed by atoms with Gasteiger partial charge in [0.1, 0.15) is 13.2 Å². The van der Waals surface area contributed by atoms with Gasteiger partial charge in [0.05, 0.1) is 6.33 Å². The van der Waals surface area contributed by atoms with Crippen LogP contribution < -0.4 is 14.8 Å². The monoisotopic (exact) mass is 285 g/mol. The van der Waals surface area contributed by atoms with Crippen molar-refractivity contribution in [2.24, 2.45) is 0 Å². The molecule has 0 unspecified atom stereocenters. The second-order valence-electron chi connectivity index (χ2n) is 5.60. The molecule has 1 N–H and O–H groups in total. The number of hydrogen-bond donors (Lipinski definition) is 1. The van der Waals surface area contributed by atoms with Crippen molar-refractivity contribution in [3.8, 4) is 11.5 Å². The van der Waals surface area contributed by atoms with Gasteiger partial charge in [0.15, 0.2) is 11.5 Å². The lowest BCUT2D eigenvalue weighted by molar-refractivity contribution is 0.171. The van der Waals surface area contributed by atoms with Crippen molar-refractivity contribution in [3.05, 3.63) is 42.0 Å². The van der Waals surface area contributed by atoms with Crippen LogP contribution in [0.5, 0.6) is 11.5 Å². The van der Waals surface area contributed by atoms with Crippen LogP contribution in [0.25, 0.3) is 0 Å². The number of imidazole rings is 1. The zero-order valence-corrected chi connectivity index (χ0v) is 11.9. The zero-order valence-electron chi connectivity index (χ0n) is 11.9. The van der Waals surface area contributed by atoms with Gasteiger partial charge in [0.25, 0.3) is 0 Å². The molecule has 0 radical (unpaired) electrons. The van der Waals surface area contributed by atoms with Crippen molar-refractivity contribution in [1.29, 1.82) is 0 Å². The summed E-state index contributed by atoms with van der Waals surface area (Å²) in [4.78, 5) is 4.30. The lowest BCUT2D eigenvalue weighted by Crippen LogP contribution is -2.40. The fraction of sp³-hybridized carbons (Fsp3) is 0.438. The molecule has 2 aliphatic rings. The van der Waals surface area contributed by atoms with E-state index in [0.29, 0.717) is 19.1 Å². The molecule has 0 saturated carbocycles. The second-order valence-corrected chi connectivity index (χ2v) is 5.60. The van der Waals surface area contributed by atoms with Crippen molar-refractivity contribution >= 4 is 0 Å². The molecule has 0 aliphatic carbocycles. The molecule has 0 amide bonds. The number of benzene rings is 1. The Morgan fingerprint density at radius 3 is 2.86 bits per heavy atom. The Morgan fingerprint density at radius 2 is 2.05 bits per heavy atom. The van der Waals surface area contributed by atoms with Gasteiger partial charge in [0, 0.05) is 37.4 Å². The summed E-state index contributed by atoms with van der Waals surface area (Å²) in [6.07, 6.45) is 4.90. The molecule has 1 fully saturated rings. The SMILES string of the molecule is c1cc2c(cc1CCn1cncc1C1CNC1)OCCO2. The molecule has 21 heavy (non-hydrogen) atoms. The molecule has 2 aliphatic heterocycles. The van der Waals surface area contributed by atoms with E-state index in [2.05, 4.69) is 27.0 Å². The van der Waals surface area contributed by atoms with E-state index in [1.54, 1.807) is 0 Å². The van der Waals surface area contributed by atoms with E-state index in [1.165, 1.54) is 11.3 Å². The highest BCUT2D eigenvalue weighted by Crippen LogP contribution is 2.31. The second kappa shape index (κ2) is 5.41. The standard InChI is InChI=1S/C16H19N3O2/c1-2-15-16(21-6-5-20-15)7-12(1)3-4-19-11-18-10-14(19)13-8-17-9-13/h1-2,7,10-11,13,17H,3-6,8-9H2. The van der Waals surface area contributed by atoms with Crippen molar-refractivity contribution in [2.75, 3.05) is 26.3 Å². The minimum Gasteiger partial charge on any atom is -0.486 e. The van der Waals surface area contributed by atoms with E-state index < -0.39 is 0 Å². The number of rotatable bonds is 4. The average Bonchev–Trinajstić information content (AvgIpc) is 2.91. The van der Waals surface area contributed by atoms with Gasteiger partial charge in [-0.15, -0.1) is 0 Å². The number of nitrogens with one attached hydrogen (secondary N) is 1. The summed E-state index contributed by atoms with van der Waals surface area (Å²) in [5, 5.41) is 3.31. The van der Waals surface area contributed by atoms with Crippen LogP contribution in [0.1, 0.15) is 17.2 Å². The molecule has 2 aromatic rings. The molecule has 0 bridgehead atoms. The Labute approximate surface area is 123 Å². The molecule has 1 aromatic heterocycles. The van der Waals surface area contributed by atoms with Crippen LogP contribution in [-0.4, -0.2) is 35.9 Å². The van der Waals surface area contributed by atoms with Crippen LogP contribution in [0.15, 0.2) is 30.7 Å². The van der Waals surface area contributed by atoms with Crippen LogP contribution in [0.2, 0.25) is 0 Å². The lowest BCUT2D eigenvalue weighted by Gasteiger charge is -2.27. The van der Waals surface area contributed by atoms with Gasteiger partial charge in [-0.3, -0.25) is 0 Å². The van der Waals surface area contributed by atoms with Gasteiger partial charge in [-0.2, -0.15) is 0 Å². The van der Waals surface area contributed by atoms with Gasteiger partial charge in [-0.25, -0.2) is 4.98 Å². The molecule has 1 saturated heterocycles. The first-order valence-electron chi connectivity index (χ1n) is 7.49. The minimum atomic E-state index is 0.618. The van der Waals surface area contributed by atoms with E-state index >= 15 is 0 Å². The number of nitrogens with zero attached hydrogens (tertiary/aromatic N) is 2. The zero-order chi connectivity index (χ0) is 14.1. The highest BCUT2D eigenvalue weighted by molar-refractivity contribution is 5.43. The Balaban J connectivity index is 1.46. The third kappa shape index (κ3) is 2.49. The summed E-state index contributed by atoms with van der Waals surface area (Å²) in [7, 11) is 0. The molecular weight excluding hydrogens is 266 g/mol. The fourth-order valence-corrected chi connectivity index (χ4v) is 2.85. The predicted octanol–water partition coefficient (Wildman–Crippen LogP) is 1.58. The van der Waals surface area contributed by atoms with Crippen molar-refractivity contribution in [3.63, 3.8) is 0 Å². The summed E-state index contributed by atoms with van der Waals surface area (Å²) >= 11 is 0. The summed E-state index contributed by atoms with van der Waals surface area (Å²) in [5.74, 6) is 2.34. The van der Waals surface area contributed by atoms with Crippen LogP contribution in [0, 0.1) is 0 Å². The Kier molecular flexibility index (Phi) is 3.27. The van der Waals surface area contributed by atoms with E-state index in [4.69, 9.17) is 9.47 Å². The van der Waals surface area contributed by atoms with Crippen molar-refractivity contribution in [2.45, 2.75) is 18.9 Å². The quantitative estimate of drug-likeness (QED) is 0.926. The summed E-state index contributed by atoms with van der Waals surface area (Å²) in [6.45, 7) is 4.36. The van der Waals surface area contributed by atoms with E-state index in [-0.39, 0.29) is 0 Å². The largest absolute Gasteiger partial charge is 0.486 e. The minimum absolute atomic E-state index is 0.618. The summed E-state index contributed by atoms with van der Waals surface area (Å²) < 4.78 is 13.5. The third-order valence-corrected chi connectivity index (χ3v) is 4.19.